The van der Waals surface area contributed by atoms with Gasteiger partial charge in [-0.2, -0.15) is 0 Å². The maximum absolute atomic E-state index is 11.4. The predicted molar refractivity (Wildman–Crippen MR) is 73.7 cm³/mol. The number of furan rings is 1. The molecule has 96 valence electrons. The number of amides is 1. The van der Waals surface area contributed by atoms with Crippen molar-refractivity contribution < 1.29 is 9.21 Å². The van der Waals surface area contributed by atoms with Crippen LogP contribution in [0.3, 0.4) is 0 Å². The summed E-state index contributed by atoms with van der Waals surface area (Å²) in [5, 5.41) is 0. The topological polar surface area (TPSA) is 68.3 Å². The number of carbonyl (C=O) groups is 1. The van der Waals surface area contributed by atoms with E-state index in [1.54, 1.807) is 18.0 Å². The van der Waals surface area contributed by atoms with Gasteiger partial charge < -0.3 is 4.42 Å². The Morgan fingerprint density at radius 1 is 1.56 bits per heavy atom. The summed E-state index contributed by atoms with van der Waals surface area (Å²) in [7, 11) is 0. The fourth-order valence-corrected chi connectivity index (χ4v) is 3.57. The van der Waals surface area contributed by atoms with Crippen molar-refractivity contribution in [3.8, 4) is 0 Å². The van der Waals surface area contributed by atoms with E-state index in [9.17, 15) is 4.79 Å². The van der Waals surface area contributed by atoms with Crippen molar-refractivity contribution in [1.82, 2.24) is 5.43 Å². The molecule has 0 unspecified atom stereocenters. The highest BCUT2D eigenvalue weighted by Gasteiger charge is 2.12. The van der Waals surface area contributed by atoms with Crippen LogP contribution in [0.1, 0.15) is 25.9 Å². The quantitative estimate of drug-likeness (QED) is 0.391. The second-order valence-electron chi connectivity index (χ2n) is 3.80. The molecule has 0 aromatic carbocycles. The van der Waals surface area contributed by atoms with Crippen LogP contribution in [-0.4, -0.2) is 5.91 Å². The Labute approximate surface area is 114 Å². The van der Waals surface area contributed by atoms with Crippen molar-refractivity contribution in [3.05, 3.63) is 39.5 Å². The molecule has 0 aliphatic carbocycles. The highest BCUT2D eigenvalue weighted by atomic mass is 32.2. The SMILES string of the molecule is Cc1occc1SCc1cc(C(=O)NN)sc1C. The monoisotopic (exact) mass is 282 g/mol. The van der Waals surface area contributed by atoms with Gasteiger partial charge in [0.25, 0.3) is 5.91 Å². The number of carbonyl (C=O) groups excluding carboxylic acids is 1. The molecule has 0 radical (unpaired) electrons. The average Bonchev–Trinajstić information content (AvgIpc) is 2.92. The summed E-state index contributed by atoms with van der Waals surface area (Å²) < 4.78 is 5.25. The van der Waals surface area contributed by atoms with E-state index in [0.717, 1.165) is 26.8 Å². The normalized spacial score (nSPS) is 10.6. The number of hydrazine groups is 1. The van der Waals surface area contributed by atoms with Crippen LogP contribution < -0.4 is 11.3 Å². The zero-order chi connectivity index (χ0) is 13.1. The number of thiophene rings is 1. The van der Waals surface area contributed by atoms with Crippen molar-refractivity contribution >= 4 is 29.0 Å². The minimum Gasteiger partial charge on any atom is -0.468 e. The first-order chi connectivity index (χ1) is 8.61. The van der Waals surface area contributed by atoms with Gasteiger partial charge in [-0.25, -0.2) is 5.84 Å². The largest absolute Gasteiger partial charge is 0.468 e. The molecular weight excluding hydrogens is 268 g/mol. The molecule has 0 saturated heterocycles. The van der Waals surface area contributed by atoms with Crippen LogP contribution in [0.4, 0.5) is 0 Å². The molecule has 0 aliphatic rings. The zero-order valence-electron chi connectivity index (χ0n) is 10.1. The molecule has 4 nitrogen and oxygen atoms in total. The minimum atomic E-state index is -0.237. The third-order valence-corrected chi connectivity index (χ3v) is 4.85. The van der Waals surface area contributed by atoms with E-state index in [4.69, 9.17) is 10.3 Å². The Kier molecular flexibility index (Phi) is 4.11. The van der Waals surface area contributed by atoms with Gasteiger partial charge in [-0.05, 0) is 31.5 Å². The second-order valence-corrected chi connectivity index (χ2v) is 6.07. The van der Waals surface area contributed by atoms with Crippen LogP contribution in [0.2, 0.25) is 0 Å². The van der Waals surface area contributed by atoms with E-state index in [0.29, 0.717) is 4.88 Å². The lowest BCUT2D eigenvalue weighted by molar-refractivity contribution is 0.0957. The van der Waals surface area contributed by atoms with Gasteiger partial charge in [-0.15, -0.1) is 23.1 Å². The maximum Gasteiger partial charge on any atom is 0.275 e. The number of nitrogens with one attached hydrogen (secondary N) is 1. The van der Waals surface area contributed by atoms with Gasteiger partial charge in [0.05, 0.1) is 11.1 Å². The van der Waals surface area contributed by atoms with Gasteiger partial charge in [0.15, 0.2) is 0 Å². The summed E-state index contributed by atoms with van der Waals surface area (Å²) in [6.45, 7) is 3.95. The van der Waals surface area contributed by atoms with Crippen molar-refractivity contribution in [3.63, 3.8) is 0 Å². The molecule has 2 aromatic heterocycles. The molecule has 6 heteroatoms. The summed E-state index contributed by atoms with van der Waals surface area (Å²) in [6.07, 6.45) is 1.69. The molecule has 0 spiro atoms. The van der Waals surface area contributed by atoms with Crippen molar-refractivity contribution in [2.45, 2.75) is 24.5 Å². The molecule has 0 bridgehead atoms. The summed E-state index contributed by atoms with van der Waals surface area (Å²) in [6, 6.07) is 3.85. The standard InChI is InChI=1S/C12H14N2O2S2/c1-7-10(3-4-16-7)17-6-9-5-11(12(15)14-13)18-8(9)2/h3-5H,6,13H2,1-2H3,(H,14,15). The lowest BCUT2D eigenvalue weighted by Crippen LogP contribution is -2.29. The average molecular weight is 282 g/mol. The Morgan fingerprint density at radius 2 is 2.33 bits per heavy atom. The highest BCUT2D eigenvalue weighted by Crippen LogP contribution is 2.30. The molecule has 0 fully saturated rings. The summed E-state index contributed by atoms with van der Waals surface area (Å²) >= 11 is 3.16. The van der Waals surface area contributed by atoms with E-state index in [1.165, 1.54) is 11.3 Å². The first kappa shape index (κ1) is 13.2. The second kappa shape index (κ2) is 5.60. The predicted octanol–water partition coefficient (Wildman–Crippen LogP) is 2.85. The number of rotatable bonds is 4. The fraction of sp³-hybridized carbons (Fsp3) is 0.250. The van der Waals surface area contributed by atoms with Crippen LogP contribution in [0.25, 0.3) is 0 Å². The minimum absolute atomic E-state index is 0.237. The van der Waals surface area contributed by atoms with Crippen molar-refractivity contribution in [2.75, 3.05) is 0 Å². The molecule has 2 heterocycles. The van der Waals surface area contributed by atoms with Crippen LogP contribution in [0.15, 0.2) is 27.7 Å². The zero-order valence-corrected chi connectivity index (χ0v) is 11.8. The molecule has 3 N–H and O–H groups in total. The first-order valence-corrected chi connectivity index (χ1v) is 7.19. The van der Waals surface area contributed by atoms with E-state index in [2.05, 4.69) is 5.43 Å². The number of thioether (sulfide) groups is 1. The third kappa shape index (κ3) is 2.77. The van der Waals surface area contributed by atoms with E-state index < -0.39 is 0 Å². The van der Waals surface area contributed by atoms with Gasteiger partial charge in [0.2, 0.25) is 0 Å². The molecule has 0 atom stereocenters. The molecule has 2 rings (SSSR count). The summed E-state index contributed by atoms with van der Waals surface area (Å²) in [4.78, 5) is 14.3. The Balaban J connectivity index is 2.08. The van der Waals surface area contributed by atoms with Gasteiger partial charge >= 0.3 is 0 Å². The highest BCUT2D eigenvalue weighted by molar-refractivity contribution is 7.98. The first-order valence-electron chi connectivity index (χ1n) is 5.39. The number of nitrogen functional groups attached to an aromatic ring is 1. The molecule has 0 aliphatic heterocycles. The van der Waals surface area contributed by atoms with Crippen LogP contribution in [0.5, 0.6) is 0 Å². The fourth-order valence-electron chi connectivity index (χ4n) is 1.52. The third-order valence-electron chi connectivity index (χ3n) is 2.57. The smallest absolute Gasteiger partial charge is 0.275 e. The molecule has 2 aromatic rings. The lowest BCUT2D eigenvalue weighted by atomic mass is 10.3. The molecule has 0 saturated carbocycles. The Hall–Kier alpha value is -1.24. The summed E-state index contributed by atoms with van der Waals surface area (Å²) in [5.74, 6) is 6.63. The van der Waals surface area contributed by atoms with Gasteiger partial charge in [-0.1, -0.05) is 0 Å². The number of aryl methyl sites for hydroxylation is 2. The number of hydrogen-bond donors (Lipinski definition) is 2. The van der Waals surface area contributed by atoms with E-state index in [-0.39, 0.29) is 5.91 Å². The van der Waals surface area contributed by atoms with Crippen LogP contribution >= 0.6 is 23.1 Å². The van der Waals surface area contributed by atoms with Crippen LogP contribution in [-0.2, 0) is 5.75 Å². The molecule has 18 heavy (non-hydrogen) atoms. The van der Waals surface area contributed by atoms with Crippen molar-refractivity contribution in [1.29, 1.82) is 0 Å². The number of nitrogens with two attached hydrogens (primary N) is 1. The van der Waals surface area contributed by atoms with Gasteiger partial charge in [0, 0.05) is 15.5 Å². The van der Waals surface area contributed by atoms with Crippen LogP contribution in [0, 0.1) is 13.8 Å². The van der Waals surface area contributed by atoms with E-state index >= 15 is 0 Å². The number of hydrogen-bond acceptors (Lipinski definition) is 5. The van der Waals surface area contributed by atoms with E-state index in [1.807, 2.05) is 26.0 Å². The lowest BCUT2D eigenvalue weighted by Gasteiger charge is -1.99. The Bertz CT molecular complexity index is 560. The molecule has 1 amide bonds. The molecular formula is C12H14N2O2S2. The Morgan fingerprint density at radius 3 is 2.94 bits per heavy atom. The maximum atomic E-state index is 11.4. The van der Waals surface area contributed by atoms with Crippen molar-refractivity contribution in [2.24, 2.45) is 5.84 Å². The van der Waals surface area contributed by atoms with Gasteiger partial charge in [-0.3, -0.25) is 10.2 Å². The van der Waals surface area contributed by atoms with Gasteiger partial charge in [0.1, 0.15) is 5.76 Å². The summed E-state index contributed by atoms with van der Waals surface area (Å²) in [5.41, 5.74) is 3.31.